The maximum atomic E-state index is 11.7. The first-order valence-electron chi connectivity index (χ1n) is 6.13. The number of carbonyl (C=O) groups is 1. The average molecular weight is 231 g/mol. The van der Waals surface area contributed by atoms with Gasteiger partial charge in [-0.25, -0.2) is 0 Å². The normalized spacial score (nSPS) is 19.1. The number of hydrogen-bond acceptors (Lipinski definition) is 3. The summed E-state index contributed by atoms with van der Waals surface area (Å²) in [5, 5.41) is 6.22. The van der Waals surface area contributed by atoms with Crippen molar-refractivity contribution in [2.24, 2.45) is 0 Å². The fourth-order valence-electron chi connectivity index (χ4n) is 2.63. The molecule has 0 aromatic heterocycles. The number of fused-ring (bicyclic) bond motifs is 1. The molecule has 1 amide bonds. The number of nitrogens with zero attached hydrogens (tertiary/aromatic N) is 1. The largest absolute Gasteiger partial charge is 0.369 e. The first kappa shape index (κ1) is 10.6. The van der Waals surface area contributed by atoms with E-state index in [1.807, 2.05) is 0 Å². The fourth-order valence-corrected chi connectivity index (χ4v) is 2.63. The highest BCUT2D eigenvalue weighted by atomic mass is 16.1. The molecule has 0 aliphatic carbocycles. The summed E-state index contributed by atoms with van der Waals surface area (Å²) >= 11 is 0. The van der Waals surface area contributed by atoms with Crippen LogP contribution in [0.2, 0.25) is 0 Å². The lowest BCUT2D eigenvalue weighted by Crippen LogP contribution is -2.43. The second-order valence-electron chi connectivity index (χ2n) is 4.72. The van der Waals surface area contributed by atoms with Crippen LogP contribution in [-0.4, -0.2) is 32.1 Å². The molecule has 0 bridgehead atoms. The number of amides is 1. The summed E-state index contributed by atoms with van der Waals surface area (Å²) in [6.07, 6.45) is 0. The van der Waals surface area contributed by atoms with Gasteiger partial charge in [-0.15, -0.1) is 0 Å². The average Bonchev–Trinajstić information content (AvgIpc) is 2.70. The Kier molecular flexibility index (Phi) is 2.52. The van der Waals surface area contributed by atoms with Crippen molar-refractivity contribution in [2.75, 3.05) is 31.1 Å². The number of piperazine rings is 1. The quantitative estimate of drug-likeness (QED) is 0.746. The van der Waals surface area contributed by atoms with Crippen LogP contribution in [0.25, 0.3) is 0 Å². The van der Waals surface area contributed by atoms with Crippen molar-refractivity contribution in [3.63, 3.8) is 0 Å². The van der Waals surface area contributed by atoms with Crippen LogP contribution in [0, 0.1) is 6.92 Å². The molecule has 4 heteroatoms. The summed E-state index contributed by atoms with van der Waals surface area (Å²) in [6, 6.07) is 4.20. The van der Waals surface area contributed by atoms with Crippen molar-refractivity contribution in [3.8, 4) is 0 Å². The smallest absolute Gasteiger partial charge is 0.251 e. The zero-order valence-electron chi connectivity index (χ0n) is 10.0. The van der Waals surface area contributed by atoms with Gasteiger partial charge in [0.1, 0.15) is 0 Å². The molecule has 1 saturated heterocycles. The molecule has 2 heterocycles. The van der Waals surface area contributed by atoms with E-state index in [4.69, 9.17) is 0 Å². The number of anilines is 1. The monoisotopic (exact) mass is 231 g/mol. The van der Waals surface area contributed by atoms with Crippen molar-refractivity contribution in [3.05, 3.63) is 28.8 Å². The molecule has 3 rings (SSSR count). The molecule has 0 saturated carbocycles. The Hall–Kier alpha value is -1.55. The number of benzene rings is 1. The molecule has 0 atom stereocenters. The van der Waals surface area contributed by atoms with Crippen molar-refractivity contribution in [1.29, 1.82) is 0 Å². The Balaban J connectivity index is 1.99. The molecule has 0 radical (unpaired) electrons. The van der Waals surface area contributed by atoms with E-state index in [2.05, 4.69) is 34.6 Å². The molecular formula is C13H17N3O. The van der Waals surface area contributed by atoms with Gasteiger partial charge in [-0.2, -0.15) is 0 Å². The molecule has 0 unspecified atom stereocenters. The standard InChI is InChI=1S/C13H17N3O/c1-9-6-10-8-15-13(17)11(10)7-12(9)16-4-2-14-3-5-16/h6-7,14H,2-5,8H2,1H3,(H,15,17). The van der Waals surface area contributed by atoms with Crippen LogP contribution < -0.4 is 15.5 Å². The molecule has 4 nitrogen and oxygen atoms in total. The van der Waals surface area contributed by atoms with E-state index in [9.17, 15) is 4.79 Å². The number of hydrogen-bond donors (Lipinski definition) is 2. The van der Waals surface area contributed by atoms with Crippen LogP contribution in [0.5, 0.6) is 0 Å². The van der Waals surface area contributed by atoms with Gasteiger partial charge in [-0.05, 0) is 24.1 Å². The minimum Gasteiger partial charge on any atom is -0.369 e. The molecule has 1 aromatic carbocycles. The zero-order chi connectivity index (χ0) is 11.8. The Labute approximate surface area is 101 Å². The zero-order valence-corrected chi connectivity index (χ0v) is 10.0. The number of aryl methyl sites for hydroxylation is 1. The second kappa shape index (κ2) is 4.04. The van der Waals surface area contributed by atoms with Gasteiger partial charge in [0.05, 0.1) is 0 Å². The van der Waals surface area contributed by atoms with E-state index in [1.165, 1.54) is 11.3 Å². The van der Waals surface area contributed by atoms with Crippen LogP contribution in [0.3, 0.4) is 0 Å². The highest BCUT2D eigenvalue weighted by Gasteiger charge is 2.22. The van der Waals surface area contributed by atoms with Crippen LogP contribution in [0.1, 0.15) is 21.5 Å². The molecule has 90 valence electrons. The Bertz CT molecular complexity index is 464. The van der Waals surface area contributed by atoms with Crippen LogP contribution >= 0.6 is 0 Å². The van der Waals surface area contributed by atoms with E-state index in [0.29, 0.717) is 6.54 Å². The van der Waals surface area contributed by atoms with Crippen molar-refractivity contribution in [2.45, 2.75) is 13.5 Å². The third-order valence-electron chi connectivity index (χ3n) is 3.56. The third kappa shape index (κ3) is 1.78. The summed E-state index contributed by atoms with van der Waals surface area (Å²) in [6.45, 7) is 6.87. The van der Waals surface area contributed by atoms with Gasteiger partial charge in [0.25, 0.3) is 5.91 Å². The minimum absolute atomic E-state index is 0.0661. The predicted octanol–water partition coefficient (Wildman–Crippen LogP) is 0.648. The maximum absolute atomic E-state index is 11.7. The molecule has 2 aliphatic rings. The molecule has 17 heavy (non-hydrogen) atoms. The van der Waals surface area contributed by atoms with Gasteiger partial charge in [-0.1, -0.05) is 6.07 Å². The van der Waals surface area contributed by atoms with E-state index in [-0.39, 0.29) is 5.91 Å². The SMILES string of the molecule is Cc1cc2c(cc1N1CCNCC1)C(=O)NC2. The second-order valence-corrected chi connectivity index (χ2v) is 4.72. The lowest BCUT2D eigenvalue weighted by molar-refractivity contribution is 0.0966. The summed E-state index contributed by atoms with van der Waals surface area (Å²) in [5.74, 6) is 0.0661. The van der Waals surface area contributed by atoms with Gasteiger partial charge in [0, 0.05) is 44.0 Å². The van der Waals surface area contributed by atoms with E-state index in [0.717, 1.165) is 37.3 Å². The van der Waals surface area contributed by atoms with Crippen LogP contribution in [0.4, 0.5) is 5.69 Å². The van der Waals surface area contributed by atoms with Gasteiger partial charge >= 0.3 is 0 Å². The molecule has 2 N–H and O–H groups in total. The van der Waals surface area contributed by atoms with Crippen LogP contribution in [-0.2, 0) is 6.54 Å². The molecule has 2 aliphatic heterocycles. The first-order chi connectivity index (χ1) is 8.25. The van der Waals surface area contributed by atoms with Gasteiger partial charge in [-0.3, -0.25) is 4.79 Å². The Morgan fingerprint density at radius 1 is 1.24 bits per heavy atom. The molecule has 1 aromatic rings. The maximum Gasteiger partial charge on any atom is 0.251 e. The number of rotatable bonds is 1. The fraction of sp³-hybridized carbons (Fsp3) is 0.462. The topological polar surface area (TPSA) is 44.4 Å². The number of carbonyl (C=O) groups excluding carboxylic acids is 1. The summed E-state index contributed by atoms with van der Waals surface area (Å²) in [5.41, 5.74) is 4.46. The summed E-state index contributed by atoms with van der Waals surface area (Å²) in [4.78, 5) is 14.0. The highest BCUT2D eigenvalue weighted by Crippen LogP contribution is 2.27. The van der Waals surface area contributed by atoms with Crippen molar-refractivity contribution >= 4 is 11.6 Å². The van der Waals surface area contributed by atoms with E-state index in [1.54, 1.807) is 0 Å². The molecule has 0 spiro atoms. The van der Waals surface area contributed by atoms with E-state index >= 15 is 0 Å². The van der Waals surface area contributed by atoms with Gasteiger partial charge in [0.2, 0.25) is 0 Å². The van der Waals surface area contributed by atoms with Gasteiger partial charge < -0.3 is 15.5 Å². The van der Waals surface area contributed by atoms with E-state index < -0.39 is 0 Å². The lowest BCUT2D eigenvalue weighted by Gasteiger charge is -2.31. The van der Waals surface area contributed by atoms with Crippen molar-refractivity contribution in [1.82, 2.24) is 10.6 Å². The number of nitrogens with one attached hydrogen (secondary N) is 2. The van der Waals surface area contributed by atoms with Gasteiger partial charge in [0.15, 0.2) is 0 Å². The first-order valence-corrected chi connectivity index (χ1v) is 6.13. The predicted molar refractivity (Wildman–Crippen MR) is 67.4 cm³/mol. The summed E-state index contributed by atoms with van der Waals surface area (Å²) in [7, 11) is 0. The van der Waals surface area contributed by atoms with Crippen molar-refractivity contribution < 1.29 is 4.79 Å². The van der Waals surface area contributed by atoms with Crippen LogP contribution in [0.15, 0.2) is 12.1 Å². The lowest BCUT2D eigenvalue weighted by atomic mass is 10.0. The minimum atomic E-state index is 0.0661. The Morgan fingerprint density at radius 2 is 2.00 bits per heavy atom. The third-order valence-corrected chi connectivity index (χ3v) is 3.56. The molecular weight excluding hydrogens is 214 g/mol. The summed E-state index contributed by atoms with van der Waals surface area (Å²) < 4.78 is 0. The highest BCUT2D eigenvalue weighted by molar-refractivity contribution is 5.99. The molecule has 1 fully saturated rings. The Morgan fingerprint density at radius 3 is 2.76 bits per heavy atom.